The highest BCUT2D eigenvalue weighted by molar-refractivity contribution is 9.10. The third kappa shape index (κ3) is 3.22. The summed E-state index contributed by atoms with van der Waals surface area (Å²) in [5.74, 6) is -0.314. The maximum absolute atomic E-state index is 14.0. The van der Waals surface area contributed by atoms with E-state index in [9.17, 15) is 9.18 Å². The van der Waals surface area contributed by atoms with E-state index >= 15 is 0 Å². The van der Waals surface area contributed by atoms with Crippen LogP contribution in [0.2, 0.25) is 0 Å². The Morgan fingerprint density at radius 1 is 1.74 bits per heavy atom. The number of anilines is 1. The van der Waals surface area contributed by atoms with Gasteiger partial charge in [-0.05, 0) is 28.9 Å². The van der Waals surface area contributed by atoms with Crippen LogP contribution in [0.3, 0.4) is 0 Å². The van der Waals surface area contributed by atoms with E-state index in [1.165, 1.54) is 12.3 Å². The Kier molecular flexibility index (Phi) is 4.71. The Morgan fingerprint density at radius 2 is 2.53 bits per heavy atom. The third-order valence-corrected chi connectivity index (χ3v) is 3.39. The fraction of sp³-hybridized carbons (Fsp3) is 0.500. The van der Waals surface area contributed by atoms with Crippen molar-refractivity contribution >= 4 is 27.7 Å². The van der Waals surface area contributed by atoms with E-state index in [1.54, 1.807) is 4.90 Å². The van der Waals surface area contributed by atoms with Crippen molar-refractivity contribution in [3.63, 3.8) is 0 Å². The lowest BCUT2D eigenvalue weighted by atomic mass is 10.1. The molecule has 1 aromatic heterocycles. The van der Waals surface area contributed by atoms with E-state index in [4.69, 9.17) is 0 Å². The van der Waals surface area contributed by atoms with Crippen LogP contribution in [0.4, 0.5) is 10.2 Å². The lowest BCUT2D eigenvalue weighted by molar-refractivity contribution is -0.122. The van der Waals surface area contributed by atoms with Gasteiger partial charge < -0.3 is 15.5 Å². The SMILES string of the molecule is CCNC(=O)C1CNCCN1c1ncc(Br)cc1F. The maximum atomic E-state index is 14.0. The molecule has 1 aliphatic heterocycles. The molecule has 2 heterocycles. The van der Waals surface area contributed by atoms with Crippen molar-refractivity contribution in [2.75, 3.05) is 31.1 Å². The van der Waals surface area contributed by atoms with Crippen LogP contribution in [-0.4, -0.2) is 43.1 Å². The fourth-order valence-corrected chi connectivity index (χ4v) is 2.41. The molecule has 0 aromatic carbocycles. The number of hydrogen-bond donors (Lipinski definition) is 2. The minimum atomic E-state index is -0.433. The van der Waals surface area contributed by atoms with E-state index in [1.807, 2.05) is 6.92 Å². The minimum absolute atomic E-state index is 0.112. The highest BCUT2D eigenvalue weighted by atomic mass is 79.9. The second-order valence-electron chi connectivity index (χ2n) is 4.27. The van der Waals surface area contributed by atoms with Gasteiger partial charge in [-0.15, -0.1) is 0 Å². The van der Waals surface area contributed by atoms with Crippen molar-refractivity contribution in [3.8, 4) is 0 Å². The summed E-state index contributed by atoms with van der Waals surface area (Å²) in [7, 11) is 0. The molecule has 104 valence electrons. The number of hydrogen-bond acceptors (Lipinski definition) is 4. The number of amides is 1. The molecule has 1 unspecified atom stereocenters. The zero-order valence-electron chi connectivity index (χ0n) is 10.6. The van der Waals surface area contributed by atoms with E-state index in [-0.39, 0.29) is 11.7 Å². The predicted molar refractivity (Wildman–Crippen MR) is 74.6 cm³/mol. The molecular weight excluding hydrogens is 315 g/mol. The molecule has 0 radical (unpaired) electrons. The summed E-state index contributed by atoms with van der Waals surface area (Å²) in [5, 5.41) is 5.91. The van der Waals surface area contributed by atoms with E-state index in [0.717, 1.165) is 0 Å². The molecule has 5 nitrogen and oxygen atoms in total. The van der Waals surface area contributed by atoms with Crippen molar-refractivity contribution in [2.45, 2.75) is 13.0 Å². The Hall–Kier alpha value is -1.21. The molecule has 1 atom stereocenters. The van der Waals surface area contributed by atoms with Crippen LogP contribution in [0.1, 0.15) is 6.92 Å². The van der Waals surface area contributed by atoms with Crippen molar-refractivity contribution in [1.82, 2.24) is 15.6 Å². The molecule has 1 aromatic rings. The van der Waals surface area contributed by atoms with E-state index < -0.39 is 11.9 Å². The van der Waals surface area contributed by atoms with Gasteiger partial charge in [-0.1, -0.05) is 0 Å². The standard InChI is InChI=1S/C12H16BrFN4O/c1-2-16-12(19)10-7-15-3-4-18(10)11-9(14)5-8(13)6-17-11/h5-6,10,15H,2-4,7H2,1H3,(H,16,19). The quantitative estimate of drug-likeness (QED) is 0.864. The number of carbonyl (C=O) groups is 1. The molecule has 0 spiro atoms. The summed E-state index contributed by atoms with van der Waals surface area (Å²) in [6.07, 6.45) is 1.54. The smallest absolute Gasteiger partial charge is 0.244 e. The van der Waals surface area contributed by atoms with Crippen LogP contribution >= 0.6 is 15.9 Å². The van der Waals surface area contributed by atoms with Crippen molar-refractivity contribution in [2.24, 2.45) is 0 Å². The first-order valence-corrected chi connectivity index (χ1v) is 6.99. The third-order valence-electron chi connectivity index (χ3n) is 2.96. The predicted octanol–water partition coefficient (Wildman–Crippen LogP) is 0.897. The number of rotatable bonds is 3. The Bertz CT molecular complexity index is 471. The first kappa shape index (κ1) is 14.2. The minimum Gasteiger partial charge on any atom is -0.355 e. The number of likely N-dealkylation sites (N-methyl/N-ethyl adjacent to an activating group) is 1. The molecular formula is C12H16BrFN4O. The van der Waals surface area contributed by atoms with Crippen LogP contribution in [0.25, 0.3) is 0 Å². The van der Waals surface area contributed by atoms with Crippen LogP contribution in [0.15, 0.2) is 16.7 Å². The molecule has 0 bridgehead atoms. The average molecular weight is 331 g/mol. The number of nitrogens with one attached hydrogen (secondary N) is 2. The van der Waals surface area contributed by atoms with Crippen molar-refractivity contribution in [1.29, 1.82) is 0 Å². The number of piperazine rings is 1. The normalized spacial score (nSPS) is 19.3. The summed E-state index contributed by atoms with van der Waals surface area (Å²) in [5.41, 5.74) is 0. The number of aromatic nitrogens is 1. The van der Waals surface area contributed by atoms with E-state index in [0.29, 0.717) is 30.7 Å². The molecule has 7 heteroatoms. The Labute approximate surface area is 119 Å². The largest absolute Gasteiger partial charge is 0.355 e. The summed E-state index contributed by atoms with van der Waals surface area (Å²) in [4.78, 5) is 17.8. The second-order valence-corrected chi connectivity index (χ2v) is 5.18. The van der Waals surface area contributed by atoms with Gasteiger partial charge in [0.25, 0.3) is 0 Å². The van der Waals surface area contributed by atoms with Gasteiger partial charge in [-0.3, -0.25) is 4.79 Å². The molecule has 2 N–H and O–H groups in total. The number of pyridine rings is 1. The van der Waals surface area contributed by atoms with Gasteiger partial charge in [0, 0.05) is 36.8 Å². The number of halogens is 2. The molecule has 19 heavy (non-hydrogen) atoms. The molecule has 1 amide bonds. The van der Waals surface area contributed by atoms with Gasteiger partial charge in [-0.25, -0.2) is 9.37 Å². The Morgan fingerprint density at radius 3 is 3.21 bits per heavy atom. The molecule has 1 saturated heterocycles. The number of carbonyl (C=O) groups excluding carboxylic acids is 1. The highest BCUT2D eigenvalue weighted by Gasteiger charge is 2.30. The lowest BCUT2D eigenvalue weighted by Gasteiger charge is -2.36. The first-order valence-electron chi connectivity index (χ1n) is 6.19. The summed E-state index contributed by atoms with van der Waals surface area (Å²) < 4.78 is 14.6. The summed E-state index contributed by atoms with van der Waals surface area (Å²) >= 11 is 3.18. The number of nitrogens with zero attached hydrogens (tertiary/aromatic N) is 2. The molecule has 1 fully saturated rings. The Balaban J connectivity index is 2.26. The molecule has 0 aliphatic carbocycles. The summed E-state index contributed by atoms with van der Waals surface area (Å²) in [6.45, 7) is 4.15. The fourth-order valence-electron chi connectivity index (χ4n) is 2.10. The zero-order chi connectivity index (χ0) is 13.8. The van der Waals surface area contributed by atoms with Gasteiger partial charge in [0.2, 0.25) is 5.91 Å². The molecule has 0 saturated carbocycles. The molecule has 1 aliphatic rings. The van der Waals surface area contributed by atoms with Gasteiger partial charge >= 0.3 is 0 Å². The average Bonchev–Trinajstić information content (AvgIpc) is 2.39. The van der Waals surface area contributed by atoms with E-state index in [2.05, 4.69) is 31.5 Å². The van der Waals surface area contributed by atoms with Gasteiger partial charge in [0.15, 0.2) is 11.6 Å². The molecule has 2 rings (SSSR count). The zero-order valence-corrected chi connectivity index (χ0v) is 12.2. The highest BCUT2D eigenvalue weighted by Crippen LogP contribution is 2.22. The van der Waals surface area contributed by atoms with Crippen LogP contribution in [0, 0.1) is 5.82 Å². The lowest BCUT2D eigenvalue weighted by Crippen LogP contribution is -2.58. The van der Waals surface area contributed by atoms with Crippen LogP contribution in [-0.2, 0) is 4.79 Å². The topological polar surface area (TPSA) is 57.3 Å². The maximum Gasteiger partial charge on any atom is 0.244 e. The van der Waals surface area contributed by atoms with Crippen LogP contribution in [0.5, 0.6) is 0 Å². The van der Waals surface area contributed by atoms with Gasteiger partial charge in [-0.2, -0.15) is 0 Å². The summed E-state index contributed by atoms with van der Waals surface area (Å²) in [6, 6.07) is 0.927. The van der Waals surface area contributed by atoms with Gasteiger partial charge in [0.1, 0.15) is 6.04 Å². The second kappa shape index (κ2) is 6.29. The van der Waals surface area contributed by atoms with Crippen LogP contribution < -0.4 is 15.5 Å². The first-order chi connectivity index (χ1) is 9.13. The van der Waals surface area contributed by atoms with Gasteiger partial charge in [0.05, 0.1) is 0 Å². The monoisotopic (exact) mass is 330 g/mol. The van der Waals surface area contributed by atoms with Crippen molar-refractivity contribution in [3.05, 3.63) is 22.6 Å². The van der Waals surface area contributed by atoms with Crippen molar-refractivity contribution < 1.29 is 9.18 Å².